The fourth-order valence-electron chi connectivity index (χ4n) is 1.53. The summed E-state index contributed by atoms with van der Waals surface area (Å²) in [5.74, 6) is 0.705. The van der Waals surface area contributed by atoms with E-state index in [4.69, 9.17) is 23.2 Å². The Hall–Kier alpha value is -1.32. The third kappa shape index (κ3) is 2.87. The maximum absolute atomic E-state index is 6.15. The monoisotopic (exact) mass is 267 g/mol. The minimum atomic E-state index is 0.0119. The first-order valence-electron chi connectivity index (χ1n) is 5.15. The van der Waals surface area contributed by atoms with Gasteiger partial charge in [-0.1, -0.05) is 35.3 Å². The largest absolute Gasteiger partial charge is 0.362 e. The maximum Gasteiger partial charge on any atom is 0.144 e. The van der Waals surface area contributed by atoms with E-state index in [9.17, 15) is 0 Å². The number of hydrogen-bond donors (Lipinski definition) is 1. The van der Waals surface area contributed by atoms with Crippen LogP contribution < -0.4 is 5.32 Å². The molecule has 1 unspecified atom stereocenters. The van der Waals surface area contributed by atoms with Crippen molar-refractivity contribution in [2.45, 2.75) is 13.0 Å². The highest BCUT2D eigenvalue weighted by Crippen LogP contribution is 2.30. The molecule has 17 heavy (non-hydrogen) atoms. The number of hydrogen-bond acceptors (Lipinski definition) is 3. The fourth-order valence-corrected chi connectivity index (χ4v) is 2.00. The average Bonchev–Trinajstić information content (AvgIpc) is 2.34. The zero-order valence-electron chi connectivity index (χ0n) is 9.19. The zero-order chi connectivity index (χ0) is 12.3. The number of benzene rings is 1. The van der Waals surface area contributed by atoms with Crippen molar-refractivity contribution in [3.8, 4) is 0 Å². The average molecular weight is 268 g/mol. The molecule has 0 saturated heterocycles. The molecule has 88 valence electrons. The topological polar surface area (TPSA) is 37.8 Å². The lowest BCUT2D eigenvalue weighted by Gasteiger charge is -2.16. The van der Waals surface area contributed by atoms with Crippen LogP contribution in [0.4, 0.5) is 5.82 Å². The summed E-state index contributed by atoms with van der Waals surface area (Å²) in [4.78, 5) is 8.13. The predicted octanol–water partition coefficient (Wildman–Crippen LogP) is 3.96. The highest BCUT2D eigenvalue weighted by Gasteiger charge is 2.11. The highest BCUT2D eigenvalue weighted by atomic mass is 35.5. The molecule has 1 N–H and O–H groups in total. The van der Waals surface area contributed by atoms with Crippen LogP contribution in [-0.2, 0) is 0 Å². The number of anilines is 1. The smallest absolute Gasteiger partial charge is 0.144 e. The van der Waals surface area contributed by atoms with Crippen LogP contribution in [0, 0.1) is 0 Å². The first-order valence-corrected chi connectivity index (χ1v) is 5.90. The van der Waals surface area contributed by atoms with Gasteiger partial charge in [-0.05, 0) is 18.6 Å². The van der Waals surface area contributed by atoms with Crippen molar-refractivity contribution in [3.63, 3.8) is 0 Å². The van der Waals surface area contributed by atoms with Gasteiger partial charge < -0.3 is 5.32 Å². The molecular weight excluding hydrogens is 257 g/mol. The van der Waals surface area contributed by atoms with Crippen molar-refractivity contribution in [1.82, 2.24) is 9.97 Å². The van der Waals surface area contributed by atoms with Gasteiger partial charge in [-0.2, -0.15) is 0 Å². The van der Waals surface area contributed by atoms with Gasteiger partial charge in [0.2, 0.25) is 0 Å². The van der Waals surface area contributed by atoms with Crippen LogP contribution in [0.3, 0.4) is 0 Å². The first-order chi connectivity index (χ1) is 8.18. The lowest BCUT2D eigenvalue weighted by molar-refractivity contribution is 0.872. The molecule has 0 amide bonds. The minimum Gasteiger partial charge on any atom is -0.362 e. The Labute approximate surface area is 110 Å². The second-order valence-corrected chi connectivity index (χ2v) is 4.38. The summed E-state index contributed by atoms with van der Waals surface area (Å²) in [5.41, 5.74) is 0.935. The molecule has 1 heterocycles. The summed E-state index contributed by atoms with van der Waals surface area (Å²) in [6.45, 7) is 1.99. The summed E-state index contributed by atoms with van der Waals surface area (Å²) in [7, 11) is 0. The molecule has 0 aliphatic heterocycles. The number of aromatic nitrogens is 2. The van der Waals surface area contributed by atoms with Gasteiger partial charge in [0.25, 0.3) is 0 Å². The molecule has 0 aliphatic carbocycles. The van der Waals surface area contributed by atoms with E-state index < -0.39 is 0 Å². The van der Waals surface area contributed by atoms with Gasteiger partial charge in [-0.15, -0.1) is 0 Å². The van der Waals surface area contributed by atoms with Crippen molar-refractivity contribution < 1.29 is 0 Å². The lowest BCUT2D eigenvalue weighted by atomic mass is 10.1. The normalized spacial score (nSPS) is 12.2. The molecule has 1 aromatic carbocycles. The molecule has 0 fully saturated rings. The Kier molecular flexibility index (Phi) is 3.82. The van der Waals surface area contributed by atoms with E-state index in [2.05, 4.69) is 15.3 Å². The number of nitrogens with one attached hydrogen (secondary N) is 1. The quantitative estimate of drug-likeness (QED) is 0.915. The Balaban J connectivity index is 2.20. The number of halogens is 2. The maximum atomic E-state index is 6.15. The molecule has 0 bridgehead atoms. The van der Waals surface area contributed by atoms with Crippen LogP contribution in [0.5, 0.6) is 0 Å². The third-order valence-corrected chi connectivity index (χ3v) is 3.21. The van der Waals surface area contributed by atoms with E-state index in [0.717, 1.165) is 5.56 Å². The third-order valence-electron chi connectivity index (χ3n) is 2.38. The van der Waals surface area contributed by atoms with E-state index >= 15 is 0 Å². The summed E-state index contributed by atoms with van der Waals surface area (Å²) < 4.78 is 0. The lowest BCUT2D eigenvalue weighted by Crippen LogP contribution is -2.08. The van der Waals surface area contributed by atoms with E-state index in [1.807, 2.05) is 19.1 Å². The molecule has 1 aromatic heterocycles. The zero-order valence-corrected chi connectivity index (χ0v) is 10.7. The van der Waals surface area contributed by atoms with Gasteiger partial charge in [0, 0.05) is 12.4 Å². The standard InChI is InChI=1S/C12H11Cl2N3/c1-8(17-11-7-15-5-6-16-11)9-3-2-4-10(13)12(9)14/h2-8H,1H3,(H,16,17). The number of nitrogens with zero attached hydrogens (tertiary/aromatic N) is 2. The van der Waals surface area contributed by atoms with Crippen LogP contribution in [0.25, 0.3) is 0 Å². The molecule has 0 saturated carbocycles. The van der Waals surface area contributed by atoms with Gasteiger partial charge in [0.15, 0.2) is 0 Å². The molecule has 5 heteroatoms. The molecule has 1 atom stereocenters. The van der Waals surface area contributed by atoms with E-state index in [1.54, 1.807) is 24.7 Å². The first kappa shape index (κ1) is 12.1. The SMILES string of the molecule is CC(Nc1cnccn1)c1cccc(Cl)c1Cl. The second-order valence-electron chi connectivity index (χ2n) is 3.60. The Morgan fingerprint density at radius 2 is 2.06 bits per heavy atom. The van der Waals surface area contributed by atoms with E-state index in [1.165, 1.54) is 0 Å². The van der Waals surface area contributed by atoms with Gasteiger partial charge in [-0.25, -0.2) is 4.98 Å². The van der Waals surface area contributed by atoms with Crippen LogP contribution in [0.2, 0.25) is 10.0 Å². The van der Waals surface area contributed by atoms with Crippen molar-refractivity contribution in [1.29, 1.82) is 0 Å². The van der Waals surface area contributed by atoms with Gasteiger partial charge in [0.1, 0.15) is 5.82 Å². The van der Waals surface area contributed by atoms with Crippen molar-refractivity contribution in [2.75, 3.05) is 5.32 Å². The van der Waals surface area contributed by atoms with Crippen LogP contribution in [-0.4, -0.2) is 9.97 Å². The van der Waals surface area contributed by atoms with Gasteiger partial charge in [0.05, 0.1) is 22.3 Å². The van der Waals surface area contributed by atoms with Gasteiger partial charge >= 0.3 is 0 Å². The van der Waals surface area contributed by atoms with Gasteiger partial charge in [-0.3, -0.25) is 4.98 Å². The molecule has 0 aliphatic rings. The second kappa shape index (κ2) is 5.34. The van der Waals surface area contributed by atoms with Crippen LogP contribution >= 0.6 is 23.2 Å². The molecular formula is C12H11Cl2N3. The molecule has 0 radical (unpaired) electrons. The summed E-state index contributed by atoms with van der Waals surface area (Å²) in [6, 6.07) is 5.58. The number of rotatable bonds is 3. The summed E-state index contributed by atoms with van der Waals surface area (Å²) in [5, 5.41) is 4.33. The van der Waals surface area contributed by atoms with E-state index in [0.29, 0.717) is 15.9 Å². The fraction of sp³-hybridized carbons (Fsp3) is 0.167. The minimum absolute atomic E-state index is 0.0119. The Morgan fingerprint density at radius 1 is 1.24 bits per heavy atom. The van der Waals surface area contributed by atoms with Crippen molar-refractivity contribution >= 4 is 29.0 Å². The molecule has 0 spiro atoms. The summed E-state index contributed by atoms with van der Waals surface area (Å²) >= 11 is 12.1. The van der Waals surface area contributed by atoms with Crippen LogP contribution in [0.15, 0.2) is 36.8 Å². The van der Waals surface area contributed by atoms with Crippen molar-refractivity contribution in [3.05, 3.63) is 52.4 Å². The Bertz CT molecular complexity index is 502. The Morgan fingerprint density at radius 3 is 2.76 bits per heavy atom. The molecule has 3 nitrogen and oxygen atoms in total. The van der Waals surface area contributed by atoms with Crippen LogP contribution in [0.1, 0.15) is 18.5 Å². The summed E-state index contributed by atoms with van der Waals surface area (Å²) in [6.07, 6.45) is 4.92. The van der Waals surface area contributed by atoms with E-state index in [-0.39, 0.29) is 6.04 Å². The van der Waals surface area contributed by atoms with Crippen molar-refractivity contribution in [2.24, 2.45) is 0 Å². The highest BCUT2D eigenvalue weighted by molar-refractivity contribution is 6.42. The predicted molar refractivity (Wildman–Crippen MR) is 70.5 cm³/mol. The molecule has 2 rings (SSSR count). The molecule has 2 aromatic rings.